The maximum atomic E-state index is 9.21. The number of aryl methyl sites for hydroxylation is 1. The topological polar surface area (TPSA) is 46.3 Å². The molecular formula is C12H15NO2. The Morgan fingerprint density at radius 2 is 2.27 bits per heavy atom. The van der Waals surface area contributed by atoms with Crippen LogP contribution in [0.4, 0.5) is 0 Å². The predicted molar refractivity (Wildman–Crippen MR) is 58.9 cm³/mol. The molecule has 3 nitrogen and oxygen atoms in total. The molecule has 1 heterocycles. The second kappa shape index (κ2) is 4.03. The third kappa shape index (κ3) is 1.88. The van der Waals surface area contributed by atoms with Crippen molar-refractivity contribution in [2.75, 3.05) is 6.61 Å². The molecule has 15 heavy (non-hydrogen) atoms. The van der Waals surface area contributed by atoms with Gasteiger partial charge in [-0.15, -0.1) is 0 Å². The molecule has 0 aliphatic carbocycles. The standard InChI is InChI=1S/C12H15NO2/c1-3-9(7-14)10-4-5-12-11(6-10)13-8(2)15-12/h4-6,9,14H,3,7H2,1-2H3. The minimum absolute atomic E-state index is 0.179. The van der Waals surface area contributed by atoms with Crippen molar-refractivity contribution < 1.29 is 9.52 Å². The van der Waals surface area contributed by atoms with Crippen molar-refractivity contribution in [1.29, 1.82) is 0 Å². The number of hydrogen-bond acceptors (Lipinski definition) is 3. The average Bonchev–Trinajstić information content (AvgIpc) is 2.59. The molecule has 0 fully saturated rings. The molecule has 2 rings (SSSR count). The molecule has 3 heteroatoms. The van der Waals surface area contributed by atoms with Crippen molar-refractivity contribution >= 4 is 11.1 Å². The van der Waals surface area contributed by atoms with Gasteiger partial charge >= 0.3 is 0 Å². The van der Waals surface area contributed by atoms with E-state index in [1.165, 1.54) is 0 Å². The molecule has 1 atom stereocenters. The van der Waals surface area contributed by atoms with Crippen LogP contribution in [0.3, 0.4) is 0 Å². The van der Waals surface area contributed by atoms with Gasteiger partial charge in [0.1, 0.15) is 5.52 Å². The summed E-state index contributed by atoms with van der Waals surface area (Å²) < 4.78 is 5.40. The summed E-state index contributed by atoms with van der Waals surface area (Å²) in [6.07, 6.45) is 0.929. The van der Waals surface area contributed by atoms with Gasteiger partial charge in [0.2, 0.25) is 0 Å². The summed E-state index contributed by atoms with van der Waals surface area (Å²) in [5, 5.41) is 9.21. The van der Waals surface area contributed by atoms with E-state index in [4.69, 9.17) is 4.42 Å². The van der Waals surface area contributed by atoms with Crippen LogP contribution in [-0.2, 0) is 0 Å². The average molecular weight is 205 g/mol. The summed E-state index contributed by atoms with van der Waals surface area (Å²) in [5.74, 6) is 0.880. The van der Waals surface area contributed by atoms with Gasteiger partial charge < -0.3 is 9.52 Å². The Hall–Kier alpha value is -1.35. The molecular weight excluding hydrogens is 190 g/mol. The molecule has 1 unspecified atom stereocenters. The van der Waals surface area contributed by atoms with Crippen LogP contribution in [0.2, 0.25) is 0 Å². The number of oxazole rings is 1. The van der Waals surface area contributed by atoms with Gasteiger partial charge in [0.15, 0.2) is 11.5 Å². The van der Waals surface area contributed by atoms with Crippen LogP contribution in [0.1, 0.15) is 30.7 Å². The zero-order chi connectivity index (χ0) is 10.8. The number of fused-ring (bicyclic) bond motifs is 1. The highest BCUT2D eigenvalue weighted by molar-refractivity contribution is 5.73. The number of hydrogen-bond donors (Lipinski definition) is 1. The van der Waals surface area contributed by atoms with Crippen LogP contribution in [-0.4, -0.2) is 16.7 Å². The van der Waals surface area contributed by atoms with Gasteiger partial charge in [-0.05, 0) is 24.1 Å². The maximum absolute atomic E-state index is 9.21. The minimum Gasteiger partial charge on any atom is -0.441 e. The third-order valence-corrected chi connectivity index (χ3v) is 2.70. The van der Waals surface area contributed by atoms with E-state index >= 15 is 0 Å². The highest BCUT2D eigenvalue weighted by Gasteiger charge is 2.10. The molecule has 0 aliphatic heterocycles. The van der Waals surface area contributed by atoms with E-state index in [9.17, 15) is 5.11 Å². The highest BCUT2D eigenvalue weighted by atomic mass is 16.3. The molecule has 0 aliphatic rings. The molecule has 0 bridgehead atoms. The first-order chi connectivity index (χ1) is 7.24. The van der Waals surface area contributed by atoms with Gasteiger partial charge in [0.05, 0.1) is 0 Å². The van der Waals surface area contributed by atoms with E-state index in [1.807, 2.05) is 25.1 Å². The van der Waals surface area contributed by atoms with Gasteiger partial charge in [-0.3, -0.25) is 0 Å². The van der Waals surface area contributed by atoms with Gasteiger partial charge in [0.25, 0.3) is 0 Å². The van der Waals surface area contributed by atoms with E-state index in [0.717, 1.165) is 23.1 Å². The SMILES string of the molecule is CCC(CO)c1ccc2oc(C)nc2c1. The first-order valence-corrected chi connectivity index (χ1v) is 5.22. The van der Waals surface area contributed by atoms with Gasteiger partial charge in [-0.1, -0.05) is 13.0 Å². The number of rotatable bonds is 3. The maximum Gasteiger partial charge on any atom is 0.192 e. The molecule has 80 valence electrons. The molecule has 1 aromatic carbocycles. The Morgan fingerprint density at radius 1 is 1.47 bits per heavy atom. The van der Waals surface area contributed by atoms with Crippen LogP contribution in [0.15, 0.2) is 22.6 Å². The Morgan fingerprint density at radius 3 is 2.93 bits per heavy atom. The van der Waals surface area contributed by atoms with Gasteiger partial charge in [-0.25, -0.2) is 4.98 Å². The zero-order valence-electron chi connectivity index (χ0n) is 9.03. The first kappa shape index (κ1) is 10.2. The lowest BCUT2D eigenvalue weighted by Gasteiger charge is -2.10. The summed E-state index contributed by atoms with van der Waals surface area (Å²) in [5.41, 5.74) is 2.81. The largest absolute Gasteiger partial charge is 0.441 e. The second-order valence-electron chi connectivity index (χ2n) is 3.75. The predicted octanol–water partition coefficient (Wildman–Crippen LogP) is 2.62. The zero-order valence-corrected chi connectivity index (χ0v) is 9.03. The van der Waals surface area contributed by atoms with Crippen molar-refractivity contribution in [2.45, 2.75) is 26.2 Å². The summed E-state index contributed by atoms with van der Waals surface area (Å²) in [6.45, 7) is 4.08. The van der Waals surface area contributed by atoms with E-state index in [-0.39, 0.29) is 12.5 Å². The molecule has 1 N–H and O–H groups in total. The molecule has 0 amide bonds. The minimum atomic E-state index is 0.179. The number of aliphatic hydroxyl groups is 1. The Bertz CT molecular complexity index is 458. The van der Waals surface area contributed by atoms with E-state index in [2.05, 4.69) is 11.9 Å². The highest BCUT2D eigenvalue weighted by Crippen LogP contribution is 2.23. The fourth-order valence-corrected chi connectivity index (χ4v) is 1.78. The second-order valence-corrected chi connectivity index (χ2v) is 3.75. The van der Waals surface area contributed by atoms with Crippen molar-refractivity contribution in [2.24, 2.45) is 0 Å². The van der Waals surface area contributed by atoms with Gasteiger partial charge in [0, 0.05) is 19.4 Å². The number of aliphatic hydroxyl groups excluding tert-OH is 1. The fourth-order valence-electron chi connectivity index (χ4n) is 1.78. The quantitative estimate of drug-likeness (QED) is 0.837. The normalized spacial score (nSPS) is 13.3. The summed E-state index contributed by atoms with van der Waals surface area (Å²) >= 11 is 0. The van der Waals surface area contributed by atoms with Crippen LogP contribution < -0.4 is 0 Å². The Balaban J connectivity index is 2.45. The molecule has 1 aromatic heterocycles. The summed E-state index contributed by atoms with van der Waals surface area (Å²) in [4.78, 5) is 4.28. The first-order valence-electron chi connectivity index (χ1n) is 5.22. The van der Waals surface area contributed by atoms with Crippen LogP contribution in [0.5, 0.6) is 0 Å². The molecule has 0 saturated carbocycles. The van der Waals surface area contributed by atoms with Crippen LogP contribution in [0, 0.1) is 6.92 Å². The molecule has 2 aromatic rings. The lowest BCUT2D eigenvalue weighted by atomic mass is 9.97. The Labute approximate surface area is 88.7 Å². The molecule has 0 spiro atoms. The lowest BCUT2D eigenvalue weighted by molar-refractivity contribution is 0.262. The lowest BCUT2D eigenvalue weighted by Crippen LogP contribution is -2.01. The molecule has 0 saturated heterocycles. The summed E-state index contributed by atoms with van der Waals surface area (Å²) in [7, 11) is 0. The fraction of sp³-hybridized carbons (Fsp3) is 0.417. The number of aromatic nitrogens is 1. The van der Waals surface area contributed by atoms with E-state index in [1.54, 1.807) is 0 Å². The van der Waals surface area contributed by atoms with Gasteiger partial charge in [-0.2, -0.15) is 0 Å². The third-order valence-electron chi connectivity index (χ3n) is 2.70. The van der Waals surface area contributed by atoms with E-state index in [0.29, 0.717) is 5.89 Å². The van der Waals surface area contributed by atoms with Crippen molar-refractivity contribution in [3.8, 4) is 0 Å². The van der Waals surface area contributed by atoms with Crippen molar-refractivity contribution in [3.63, 3.8) is 0 Å². The van der Waals surface area contributed by atoms with Crippen LogP contribution >= 0.6 is 0 Å². The van der Waals surface area contributed by atoms with Crippen molar-refractivity contribution in [1.82, 2.24) is 4.98 Å². The Kier molecular flexibility index (Phi) is 2.73. The van der Waals surface area contributed by atoms with E-state index < -0.39 is 0 Å². The molecule has 0 radical (unpaired) electrons. The van der Waals surface area contributed by atoms with Crippen molar-refractivity contribution in [3.05, 3.63) is 29.7 Å². The van der Waals surface area contributed by atoms with Crippen LogP contribution in [0.25, 0.3) is 11.1 Å². The monoisotopic (exact) mass is 205 g/mol. The number of benzene rings is 1. The number of nitrogens with zero attached hydrogens (tertiary/aromatic N) is 1. The summed E-state index contributed by atoms with van der Waals surface area (Å²) in [6, 6.07) is 5.91. The smallest absolute Gasteiger partial charge is 0.192 e.